The Labute approximate surface area is 237 Å². The molecule has 5 rings (SSSR count). The molecule has 1 atom stereocenters. The van der Waals surface area contributed by atoms with Crippen molar-refractivity contribution in [2.24, 2.45) is 4.76 Å². The molecule has 9 heteroatoms. The van der Waals surface area contributed by atoms with E-state index in [4.69, 9.17) is 25.4 Å². The zero-order chi connectivity index (χ0) is 27.2. The van der Waals surface area contributed by atoms with E-state index in [0.717, 1.165) is 32.0 Å². The van der Waals surface area contributed by atoms with E-state index in [1.807, 2.05) is 54.6 Å². The van der Waals surface area contributed by atoms with Crippen LogP contribution in [0.3, 0.4) is 0 Å². The Kier molecular flexibility index (Phi) is 8.73. The smallest absolute Gasteiger partial charge is 0.399 e. The van der Waals surface area contributed by atoms with Crippen molar-refractivity contribution in [3.8, 4) is 11.5 Å². The van der Waals surface area contributed by atoms with Gasteiger partial charge < -0.3 is 19.1 Å². The first kappa shape index (κ1) is 27.5. The number of halogens is 1. The first-order valence-corrected chi connectivity index (χ1v) is 15.5. The molecular formula is C30H30ClN2O4PS. The van der Waals surface area contributed by atoms with Gasteiger partial charge in [-0.15, -0.1) is 16.1 Å². The molecule has 0 radical (unpaired) electrons. The predicted octanol–water partition coefficient (Wildman–Crippen LogP) is 8.51. The lowest BCUT2D eigenvalue weighted by Gasteiger charge is -2.35. The molecule has 1 aliphatic rings. The number of benzene rings is 3. The van der Waals surface area contributed by atoms with Crippen LogP contribution in [0.5, 0.6) is 11.5 Å². The molecule has 0 spiro atoms. The highest BCUT2D eigenvalue weighted by atomic mass is 35.5. The molecule has 1 unspecified atom stereocenters. The number of thiophene rings is 1. The molecule has 0 saturated carbocycles. The number of rotatable bonds is 10. The fourth-order valence-electron chi connectivity index (χ4n) is 4.59. The molecular weight excluding hydrogens is 551 g/mol. The monoisotopic (exact) mass is 580 g/mol. The molecule has 1 aliphatic heterocycles. The second-order valence-electron chi connectivity index (χ2n) is 9.33. The van der Waals surface area contributed by atoms with Crippen LogP contribution in [0.1, 0.15) is 31.1 Å². The maximum absolute atomic E-state index is 14.3. The summed E-state index contributed by atoms with van der Waals surface area (Å²) in [6, 6.07) is 25.9. The van der Waals surface area contributed by atoms with E-state index in [0.29, 0.717) is 36.7 Å². The Balaban J connectivity index is 1.55. The minimum Gasteiger partial charge on any atom is -0.399 e. The first-order valence-electron chi connectivity index (χ1n) is 12.9. The summed E-state index contributed by atoms with van der Waals surface area (Å²) in [5, 5.41) is 11.2. The van der Waals surface area contributed by atoms with E-state index >= 15 is 0 Å². The maximum atomic E-state index is 14.3. The summed E-state index contributed by atoms with van der Waals surface area (Å²) in [4.78, 5) is 3.11. The SMILES string of the molecule is CC1C=C(CCCO)C/C(=N/P(=O)(Oc2ccccc2)Oc2ccccc2)N1Cc1sc2ccccc2c1Cl. The molecule has 0 saturated heterocycles. The number of aliphatic hydroxyl groups is 1. The Morgan fingerprint density at radius 2 is 1.62 bits per heavy atom. The van der Waals surface area contributed by atoms with Gasteiger partial charge in [0.2, 0.25) is 0 Å². The minimum atomic E-state index is -4.05. The fraction of sp³-hybridized carbons (Fsp3) is 0.233. The minimum absolute atomic E-state index is 0.0469. The quantitative estimate of drug-likeness (QED) is 0.150. The maximum Gasteiger partial charge on any atom is 0.564 e. The molecule has 6 nitrogen and oxygen atoms in total. The van der Waals surface area contributed by atoms with Gasteiger partial charge in [-0.1, -0.05) is 77.8 Å². The molecule has 0 aliphatic carbocycles. The zero-order valence-corrected chi connectivity index (χ0v) is 24.0. The third-order valence-corrected chi connectivity index (χ3v) is 9.48. The van der Waals surface area contributed by atoms with E-state index in [2.05, 4.69) is 24.0 Å². The lowest BCUT2D eigenvalue weighted by Crippen LogP contribution is -2.40. The van der Waals surface area contributed by atoms with E-state index in [-0.39, 0.29) is 12.6 Å². The van der Waals surface area contributed by atoms with E-state index < -0.39 is 7.75 Å². The lowest BCUT2D eigenvalue weighted by atomic mass is 9.98. The highest BCUT2D eigenvalue weighted by molar-refractivity contribution is 7.53. The largest absolute Gasteiger partial charge is 0.564 e. The van der Waals surface area contributed by atoms with Gasteiger partial charge >= 0.3 is 7.75 Å². The van der Waals surface area contributed by atoms with E-state index in [1.54, 1.807) is 35.6 Å². The van der Waals surface area contributed by atoms with Crippen LogP contribution in [-0.4, -0.2) is 28.5 Å². The van der Waals surface area contributed by atoms with Gasteiger partial charge in [0.05, 0.1) is 11.6 Å². The Hall–Kier alpha value is -3.09. The van der Waals surface area contributed by atoms with Crippen LogP contribution < -0.4 is 9.05 Å². The van der Waals surface area contributed by atoms with Crippen LogP contribution >= 0.6 is 30.7 Å². The topological polar surface area (TPSA) is 71.4 Å². The first-order chi connectivity index (χ1) is 18.9. The number of amidine groups is 1. The van der Waals surface area contributed by atoms with Gasteiger partial charge in [-0.25, -0.2) is 4.57 Å². The van der Waals surface area contributed by atoms with Crippen LogP contribution in [0.4, 0.5) is 0 Å². The summed E-state index contributed by atoms with van der Waals surface area (Å²) in [5.74, 6) is 1.40. The molecule has 3 aromatic carbocycles. The number of nitrogens with zero attached hydrogens (tertiary/aromatic N) is 2. The number of hydrogen-bond donors (Lipinski definition) is 1. The van der Waals surface area contributed by atoms with Gasteiger partial charge in [-0.2, -0.15) is 0 Å². The van der Waals surface area contributed by atoms with Gasteiger partial charge in [0.15, 0.2) is 0 Å². The number of fused-ring (bicyclic) bond motifs is 1. The van der Waals surface area contributed by atoms with Crippen LogP contribution in [0.25, 0.3) is 10.1 Å². The molecule has 0 amide bonds. The molecule has 0 fully saturated rings. The van der Waals surface area contributed by atoms with Crippen molar-refractivity contribution in [2.75, 3.05) is 6.61 Å². The van der Waals surface area contributed by atoms with Crippen molar-refractivity contribution in [2.45, 2.75) is 38.8 Å². The number of aliphatic hydroxyl groups excluding tert-OH is 1. The van der Waals surface area contributed by atoms with Crippen LogP contribution in [0.2, 0.25) is 5.02 Å². The highest BCUT2D eigenvalue weighted by Gasteiger charge is 2.34. The molecule has 1 N–H and O–H groups in total. The van der Waals surface area contributed by atoms with Crippen molar-refractivity contribution in [3.05, 3.63) is 106 Å². The van der Waals surface area contributed by atoms with Crippen molar-refractivity contribution < 1.29 is 18.7 Å². The number of hydrogen-bond acceptors (Lipinski definition) is 5. The highest BCUT2D eigenvalue weighted by Crippen LogP contribution is 2.51. The Morgan fingerprint density at radius 3 is 2.23 bits per heavy atom. The molecule has 39 heavy (non-hydrogen) atoms. The fourth-order valence-corrected chi connectivity index (χ4v) is 7.44. The summed E-state index contributed by atoms with van der Waals surface area (Å²) < 4.78 is 32.1. The summed E-state index contributed by atoms with van der Waals surface area (Å²) >= 11 is 8.46. The zero-order valence-electron chi connectivity index (χ0n) is 21.6. The summed E-state index contributed by atoms with van der Waals surface area (Å²) in [6.07, 6.45) is 4.03. The molecule has 202 valence electrons. The van der Waals surface area contributed by atoms with Crippen LogP contribution in [0.15, 0.2) is 101 Å². The molecule has 2 heterocycles. The second-order valence-corrected chi connectivity index (χ2v) is 12.3. The van der Waals surface area contributed by atoms with Gasteiger partial charge in [-0.3, -0.25) is 0 Å². The van der Waals surface area contributed by atoms with E-state index in [9.17, 15) is 9.67 Å². The summed E-state index contributed by atoms with van der Waals surface area (Å²) in [7, 11) is -4.05. The summed E-state index contributed by atoms with van der Waals surface area (Å²) in [6.45, 7) is 2.68. The predicted molar refractivity (Wildman–Crippen MR) is 160 cm³/mol. The third-order valence-electron chi connectivity index (χ3n) is 6.42. The van der Waals surface area contributed by atoms with Crippen LogP contribution in [-0.2, 0) is 11.1 Å². The van der Waals surface area contributed by atoms with Gasteiger partial charge in [0, 0.05) is 34.0 Å². The Morgan fingerprint density at radius 1 is 1.00 bits per heavy atom. The average molecular weight is 581 g/mol. The van der Waals surface area contributed by atoms with Crippen LogP contribution in [0, 0.1) is 0 Å². The van der Waals surface area contributed by atoms with E-state index in [1.165, 1.54) is 0 Å². The van der Waals surface area contributed by atoms with Gasteiger partial charge in [-0.05, 0) is 50.1 Å². The lowest BCUT2D eigenvalue weighted by molar-refractivity contribution is 0.287. The Bertz CT molecular complexity index is 1480. The summed E-state index contributed by atoms with van der Waals surface area (Å²) in [5.41, 5.74) is 1.12. The van der Waals surface area contributed by atoms with Crippen molar-refractivity contribution in [1.29, 1.82) is 0 Å². The van der Waals surface area contributed by atoms with Crippen molar-refractivity contribution >= 4 is 46.6 Å². The standard InChI is InChI=1S/C30H30ClN2O4PS/c1-22-19-23(11-10-18-34)20-29(33(22)21-28-30(31)26-16-8-9-17-27(26)39-28)32-38(35,36-24-12-4-2-5-13-24)37-25-14-6-3-7-15-25/h2-9,12-17,19,22,34H,10-11,18,20-21H2,1H3/b32-29-. The van der Waals surface area contributed by atoms with Crippen molar-refractivity contribution in [3.63, 3.8) is 0 Å². The van der Waals surface area contributed by atoms with Gasteiger partial charge in [0.25, 0.3) is 0 Å². The number of para-hydroxylation sites is 2. The average Bonchev–Trinajstić information content (AvgIpc) is 3.25. The second kappa shape index (κ2) is 12.4. The normalized spacial score (nSPS) is 16.9. The molecule has 4 aromatic rings. The molecule has 1 aromatic heterocycles. The molecule has 0 bridgehead atoms. The van der Waals surface area contributed by atoms with Crippen molar-refractivity contribution in [1.82, 2.24) is 4.90 Å². The van der Waals surface area contributed by atoms with Gasteiger partial charge in [0.1, 0.15) is 17.3 Å². The third kappa shape index (κ3) is 6.74.